The van der Waals surface area contributed by atoms with Gasteiger partial charge in [-0.3, -0.25) is 14.4 Å². The highest BCUT2D eigenvalue weighted by atomic mass is 16.3. The molecule has 1 atom stereocenters. The van der Waals surface area contributed by atoms with E-state index in [0.717, 1.165) is 23.2 Å². The smallest absolute Gasteiger partial charge is 0.287 e. The summed E-state index contributed by atoms with van der Waals surface area (Å²) in [6.45, 7) is 1.87. The molecule has 166 valence electrons. The summed E-state index contributed by atoms with van der Waals surface area (Å²) in [6, 6.07) is 19.2. The number of hydrogen-bond donors (Lipinski definition) is 2. The zero-order valence-electron chi connectivity index (χ0n) is 18.2. The van der Waals surface area contributed by atoms with Crippen molar-refractivity contribution < 1.29 is 18.8 Å². The number of rotatable bonds is 9. The number of furan rings is 1. The van der Waals surface area contributed by atoms with Crippen LogP contribution in [0.5, 0.6) is 0 Å². The monoisotopic (exact) mass is 433 g/mol. The van der Waals surface area contributed by atoms with Crippen LogP contribution in [-0.4, -0.2) is 42.3 Å². The van der Waals surface area contributed by atoms with Crippen LogP contribution in [-0.2, 0) is 22.4 Å². The summed E-state index contributed by atoms with van der Waals surface area (Å²) in [5.74, 6) is -1.04. The first-order valence-corrected chi connectivity index (χ1v) is 10.5. The fraction of sp³-hybridized carbons (Fsp3) is 0.240. The molecule has 3 amide bonds. The fourth-order valence-electron chi connectivity index (χ4n) is 3.39. The number of benzene rings is 2. The van der Waals surface area contributed by atoms with Gasteiger partial charge in [0, 0.05) is 19.2 Å². The zero-order chi connectivity index (χ0) is 22.9. The molecule has 0 spiro atoms. The molecule has 32 heavy (non-hydrogen) atoms. The van der Waals surface area contributed by atoms with Crippen LogP contribution in [0.1, 0.15) is 28.6 Å². The molecule has 0 saturated heterocycles. The highest BCUT2D eigenvalue weighted by molar-refractivity contribution is 5.98. The van der Waals surface area contributed by atoms with Gasteiger partial charge in [0.05, 0.1) is 12.8 Å². The first-order valence-electron chi connectivity index (χ1n) is 10.5. The standard InChI is InChI=1S/C25H27N3O4/c1-3-19-12-7-8-13-20(19)26-23(29)17-28(2)25(31)21(16-18-10-5-4-6-11-18)27-24(30)22-14-9-15-32-22/h4-15,21H,3,16-17H2,1-2H3,(H,26,29)(H,27,30). The highest BCUT2D eigenvalue weighted by Gasteiger charge is 2.27. The minimum Gasteiger partial charge on any atom is -0.459 e. The molecule has 1 unspecified atom stereocenters. The van der Waals surface area contributed by atoms with Gasteiger partial charge in [-0.15, -0.1) is 0 Å². The Hall–Kier alpha value is -3.87. The molecule has 0 saturated carbocycles. The Morgan fingerprint density at radius 3 is 2.38 bits per heavy atom. The predicted molar refractivity (Wildman–Crippen MR) is 122 cm³/mol. The van der Waals surface area contributed by atoms with E-state index in [1.807, 2.05) is 61.5 Å². The van der Waals surface area contributed by atoms with E-state index in [4.69, 9.17) is 4.42 Å². The maximum absolute atomic E-state index is 13.2. The Kier molecular flexibility index (Phi) is 7.80. The number of carbonyl (C=O) groups excluding carboxylic acids is 3. The normalized spacial score (nSPS) is 11.4. The second-order valence-corrected chi connectivity index (χ2v) is 7.45. The minimum absolute atomic E-state index is 0.118. The third-order valence-electron chi connectivity index (χ3n) is 5.06. The lowest BCUT2D eigenvalue weighted by Crippen LogP contribution is -2.50. The van der Waals surface area contributed by atoms with Gasteiger partial charge < -0.3 is 20.0 Å². The summed E-state index contributed by atoms with van der Waals surface area (Å²) in [5.41, 5.74) is 2.63. The number of nitrogens with zero attached hydrogens (tertiary/aromatic N) is 1. The highest BCUT2D eigenvalue weighted by Crippen LogP contribution is 2.15. The molecular weight excluding hydrogens is 406 g/mol. The number of amides is 3. The number of para-hydroxylation sites is 1. The SMILES string of the molecule is CCc1ccccc1NC(=O)CN(C)C(=O)C(Cc1ccccc1)NC(=O)c1ccco1. The summed E-state index contributed by atoms with van der Waals surface area (Å²) < 4.78 is 5.14. The Bertz CT molecular complexity index is 1050. The van der Waals surface area contributed by atoms with Gasteiger partial charge in [-0.05, 0) is 35.7 Å². The number of carbonyl (C=O) groups is 3. The van der Waals surface area contributed by atoms with E-state index >= 15 is 0 Å². The van der Waals surface area contributed by atoms with Crippen LogP contribution in [0, 0.1) is 0 Å². The Morgan fingerprint density at radius 2 is 1.69 bits per heavy atom. The lowest BCUT2D eigenvalue weighted by molar-refractivity contribution is -0.135. The van der Waals surface area contributed by atoms with Gasteiger partial charge >= 0.3 is 0 Å². The minimum atomic E-state index is -0.851. The van der Waals surface area contributed by atoms with Crippen LogP contribution < -0.4 is 10.6 Å². The van der Waals surface area contributed by atoms with Crippen LogP contribution in [0.2, 0.25) is 0 Å². The van der Waals surface area contributed by atoms with Gasteiger partial charge in [0.1, 0.15) is 6.04 Å². The van der Waals surface area contributed by atoms with Crippen molar-refractivity contribution in [3.63, 3.8) is 0 Å². The molecular formula is C25H27N3O4. The molecule has 1 heterocycles. The van der Waals surface area contributed by atoms with Crippen molar-refractivity contribution in [2.45, 2.75) is 25.8 Å². The van der Waals surface area contributed by atoms with Crippen molar-refractivity contribution in [1.29, 1.82) is 0 Å². The van der Waals surface area contributed by atoms with Gasteiger partial charge in [0.25, 0.3) is 5.91 Å². The lowest BCUT2D eigenvalue weighted by atomic mass is 10.0. The molecule has 7 heteroatoms. The van der Waals surface area contributed by atoms with E-state index in [0.29, 0.717) is 0 Å². The van der Waals surface area contributed by atoms with E-state index in [1.165, 1.54) is 17.2 Å². The Balaban J connectivity index is 1.69. The summed E-state index contributed by atoms with van der Waals surface area (Å²) in [4.78, 5) is 39.6. The second-order valence-electron chi connectivity index (χ2n) is 7.45. The van der Waals surface area contributed by atoms with Crippen LogP contribution in [0.4, 0.5) is 5.69 Å². The van der Waals surface area contributed by atoms with Crippen LogP contribution in [0.25, 0.3) is 0 Å². The maximum Gasteiger partial charge on any atom is 0.287 e. The second kappa shape index (κ2) is 10.9. The van der Waals surface area contributed by atoms with Crippen molar-refractivity contribution in [1.82, 2.24) is 10.2 Å². The van der Waals surface area contributed by atoms with Crippen LogP contribution in [0.15, 0.2) is 77.4 Å². The zero-order valence-corrected chi connectivity index (χ0v) is 18.2. The number of likely N-dealkylation sites (N-methyl/N-ethyl adjacent to an activating group) is 1. The van der Waals surface area contributed by atoms with E-state index in [9.17, 15) is 14.4 Å². The van der Waals surface area contributed by atoms with Gasteiger partial charge in [0.15, 0.2) is 5.76 Å². The molecule has 0 aliphatic heterocycles. The van der Waals surface area contributed by atoms with Crippen LogP contribution >= 0.6 is 0 Å². The fourth-order valence-corrected chi connectivity index (χ4v) is 3.39. The van der Waals surface area contributed by atoms with E-state index in [2.05, 4.69) is 10.6 Å². The molecule has 0 aliphatic rings. The number of hydrogen-bond acceptors (Lipinski definition) is 4. The molecule has 0 bridgehead atoms. The van der Waals surface area contributed by atoms with Gasteiger partial charge in [-0.25, -0.2) is 0 Å². The number of anilines is 1. The number of nitrogens with one attached hydrogen (secondary N) is 2. The average molecular weight is 434 g/mol. The van der Waals surface area contributed by atoms with Crippen molar-refractivity contribution >= 4 is 23.4 Å². The molecule has 0 radical (unpaired) electrons. The maximum atomic E-state index is 13.2. The third kappa shape index (κ3) is 6.07. The quantitative estimate of drug-likeness (QED) is 0.542. The molecule has 1 aromatic heterocycles. The molecule has 0 aliphatic carbocycles. The molecule has 3 aromatic rings. The Morgan fingerprint density at radius 1 is 0.969 bits per heavy atom. The topological polar surface area (TPSA) is 91.7 Å². The first-order chi connectivity index (χ1) is 15.5. The largest absolute Gasteiger partial charge is 0.459 e. The predicted octanol–water partition coefficient (Wildman–Crippen LogP) is 3.28. The number of aryl methyl sites for hydroxylation is 1. The molecule has 2 aromatic carbocycles. The summed E-state index contributed by atoms with van der Waals surface area (Å²) in [6.07, 6.45) is 2.47. The third-order valence-corrected chi connectivity index (χ3v) is 5.06. The summed E-state index contributed by atoms with van der Waals surface area (Å²) in [5, 5.41) is 5.60. The summed E-state index contributed by atoms with van der Waals surface area (Å²) in [7, 11) is 1.55. The van der Waals surface area contributed by atoms with Crippen molar-refractivity contribution in [2.75, 3.05) is 18.9 Å². The molecule has 2 N–H and O–H groups in total. The van der Waals surface area contributed by atoms with E-state index < -0.39 is 11.9 Å². The van der Waals surface area contributed by atoms with Crippen LogP contribution in [0.3, 0.4) is 0 Å². The van der Waals surface area contributed by atoms with Gasteiger partial charge in [-0.2, -0.15) is 0 Å². The van der Waals surface area contributed by atoms with Crippen molar-refractivity contribution in [3.8, 4) is 0 Å². The molecule has 3 rings (SSSR count). The molecule has 7 nitrogen and oxygen atoms in total. The van der Waals surface area contributed by atoms with Gasteiger partial charge in [-0.1, -0.05) is 55.5 Å². The average Bonchev–Trinajstić information content (AvgIpc) is 3.34. The van der Waals surface area contributed by atoms with E-state index in [1.54, 1.807) is 13.1 Å². The lowest BCUT2D eigenvalue weighted by Gasteiger charge is -2.24. The Labute approximate surface area is 187 Å². The van der Waals surface area contributed by atoms with E-state index in [-0.39, 0.29) is 30.5 Å². The van der Waals surface area contributed by atoms with Gasteiger partial charge in [0.2, 0.25) is 11.8 Å². The molecule has 0 fully saturated rings. The van der Waals surface area contributed by atoms with Crippen molar-refractivity contribution in [3.05, 3.63) is 89.9 Å². The first kappa shape index (κ1) is 22.8. The van der Waals surface area contributed by atoms with Crippen molar-refractivity contribution in [2.24, 2.45) is 0 Å². The summed E-state index contributed by atoms with van der Waals surface area (Å²) >= 11 is 0.